The van der Waals surface area contributed by atoms with E-state index in [2.05, 4.69) is 15.9 Å². The second-order valence-electron chi connectivity index (χ2n) is 6.69. The minimum absolute atomic E-state index is 0.0232. The minimum atomic E-state index is -2.00. The maximum atomic E-state index is 15.0. The molecule has 1 aliphatic rings. The van der Waals surface area contributed by atoms with E-state index in [0.717, 1.165) is 0 Å². The van der Waals surface area contributed by atoms with Gasteiger partial charge in [-0.3, -0.25) is 9.69 Å². The molecule has 1 heterocycles. The number of aliphatic hydroxyl groups is 1. The first kappa shape index (κ1) is 19.6. The highest BCUT2D eigenvalue weighted by molar-refractivity contribution is 9.10. The Kier molecular flexibility index (Phi) is 4.91. The summed E-state index contributed by atoms with van der Waals surface area (Å²) in [5.41, 5.74) is -0.520. The van der Waals surface area contributed by atoms with Crippen LogP contribution in [0.15, 0.2) is 65.1 Å². The Hall–Kier alpha value is -2.72. The third-order valence-corrected chi connectivity index (χ3v) is 5.65. The normalized spacial score (nSPS) is 17.9. The van der Waals surface area contributed by atoms with Crippen LogP contribution in [0.3, 0.4) is 0 Å². The maximum Gasteiger partial charge on any atom is 0.257 e. The molecule has 0 saturated carbocycles. The maximum absolute atomic E-state index is 15.0. The lowest BCUT2D eigenvalue weighted by atomic mass is 9.93. The van der Waals surface area contributed by atoms with Gasteiger partial charge in [0, 0.05) is 21.6 Å². The van der Waals surface area contributed by atoms with Crippen LogP contribution in [0.1, 0.15) is 32.6 Å². The van der Waals surface area contributed by atoms with Crippen molar-refractivity contribution >= 4 is 33.4 Å². The van der Waals surface area contributed by atoms with Gasteiger partial charge >= 0.3 is 0 Å². The molecule has 4 rings (SSSR count). The zero-order chi connectivity index (χ0) is 20.8. The fourth-order valence-electron chi connectivity index (χ4n) is 3.56. The van der Waals surface area contributed by atoms with E-state index in [1.54, 1.807) is 48.5 Å². The Balaban J connectivity index is 1.88. The van der Waals surface area contributed by atoms with Crippen molar-refractivity contribution in [2.75, 3.05) is 0 Å². The minimum Gasteiger partial charge on any atom is -0.363 e. The first-order chi connectivity index (χ1) is 13.8. The summed E-state index contributed by atoms with van der Waals surface area (Å²) in [4.78, 5) is 14.4. The molecule has 0 aromatic heterocycles. The van der Waals surface area contributed by atoms with Gasteiger partial charge in [0.2, 0.25) is 0 Å². The molecule has 3 aromatic carbocycles. The molecule has 7 heteroatoms. The smallest absolute Gasteiger partial charge is 0.257 e. The SMILES string of the molecule is N#Cc1ccc(CN2C(=O)c3cc(Br)cc(F)c3C2(O)c2ccc(Cl)cc2)cc1. The van der Waals surface area contributed by atoms with Crippen LogP contribution < -0.4 is 0 Å². The van der Waals surface area contributed by atoms with E-state index < -0.39 is 17.4 Å². The quantitative estimate of drug-likeness (QED) is 0.587. The molecule has 1 atom stereocenters. The van der Waals surface area contributed by atoms with E-state index in [9.17, 15) is 14.3 Å². The van der Waals surface area contributed by atoms with Crippen molar-refractivity contribution in [1.29, 1.82) is 5.26 Å². The molecule has 0 radical (unpaired) electrons. The van der Waals surface area contributed by atoms with Crippen LogP contribution in [0.4, 0.5) is 4.39 Å². The highest BCUT2D eigenvalue weighted by Crippen LogP contribution is 2.45. The van der Waals surface area contributed by atoms with Crippen molar-refractivity contribution in [3.05, 3.63) is 104 Å². The lowest BCUT2D eigenvalue weighted by molar-refractivity contribution is -0.0562. The molecular weight excluding hydrogens is 459 g/mol. The van der Waals surface area contributed by atoms with Crippen molar-refractivity contribution in [2.24, 2.45) is 0 Å². The Morgan fingerprint density at radius 3 is 2.41 bits per heavy atom. The Morgan fingerprint density at radius 1 is 1.14 bits per heavy atom. The van der Waals surface area contributed by atoms with Crippen LogP contribution in [0.5, 0.6) is 0 Å². The highest BCUT2D eigenvalue weighted by Gasteiger charge is 2.51. The predicted octanol–water partition coefficient (Wildman–Crippen LogP) is 4.96. The van der Waals surface area contributed by atoms with E-state index in [4.69, 9.17) is 16.9 Å². The highest BCUT2D eigenvalue weighted by atomic mass is 79.9. The number of nitriles is 1. The number of nitrogens with zero attached hydrogens (tertiary/aromatic N) is 2. The van der Waals surface area contributed by atoms with Gasteiger partial charge in [0.05, 0.1) is 22.8 Å². The molecule has 4 nitrogen and oxygen atoms in total. The molecule has 1 amide bonds. The van der Waals surface area contributed by atoms with Crippen LogP contribution >= 0.6 is 27.5 Å². The first-order valence-electron chi connectivity index (χ1n) is 8.63. The first-order valence-corrected chi connectivity index (χ1v) is 9.80. The van der Waals surface area contributed by atoms with Gasteiger partial charge in [0.15, 0.2) is 5.72 Å². The summed E-state index contributed by atoms with van der Waals surface area (Å²) in [5.74, 6) is -1.19. The van der Waals surface area contributed by atoms with Crippen molar-refractivity contribution in [3.63, 3.8) is 0 Å². The molecule has 1 unspecified atom stereocenters. The van der Waals surface area contributed by atoms with E-state index in [1.807, 2.05) is 6.07 Å². The van der Waals surface area contributed by atoms with Gasteiger partial charge in [-0.25, -0.2) is 4.39 Å². The Bertz CT molecular complexity index is 1160. The number of hydrogen-bond acceptors (Lipinski definition) is 3. The monoisotopic (exact) mass is 470 g/mol. The molecule has 1 aliphatic heterocycles. The lowest BCUT2D eigenvalue weighted by Crippen LogP contribution is -2.44. The van der Waals surface area contributed by atoms with Gasteiger partial charge in [-0.05, 0) is 42.0 Å². The van der Waals surface area contributed by atoms with E-state index in [0.29, 0.717) is 26.2 Å². The lowest BCUT2D eigenvalue weighted by Gasteiger charge is -2.35. The van der Waals surface area contributed by atoms with Crippen molar-refractivity contribution in [1.82, 2.24) is 4.90 Å². The van der Waals surface area contributed by atoms with Crippen molar-refractivity contribution in [2.45, 2.75) is 12.3 Å². The molecule has 0 spiro atoms. The van der Waals surface area contributed by atoms with E-state index >= 15 is 0 Å². The van der Waals surface area contributed by atoms with E-state index in [-0.39, 0.29) is 17.7 Å². The number of carbonyl (C=O) groups excluding carboxylic acids is 1. The number of fused-ring (bicyclic) bond motifs is 1. The summed E-state index contributed by atoms with van der Waals surface area (Å²) in [5, 5.41) is 21.2. The molecule has 1 N–H and O–H groups in total. The summed E-state index contributed by atoms with van der Waals surface area (Å²) in [7, 11) is 0. The number of benzene rings is 3. The van der Waals surface area contributed by atoms with Crippen LogP contribution in [0.25, 0.3) is 0 Å². The molecule has 0 aliphatic carbocycles. The molecular formula is C22H13BrClFN2O2. The third kappa shape index (κ3) is 3.22. The predicted molar refractivity (Wildman–Crippen MR) is 110 cm³/mol. The number of hydrogen-bond donors (Lipinski definition) is 1. The van der Waals surface area contributed by atoms with Gasteiger partial charge in [0.1, 0.15) is 5.82 Å². The molecule has 0 saturated heterocycles. The second kappa shape index (κ2) is 7.27. The second-order valence-corrected chi connectivity index (χ2v) is 8.04. The molecule has 0 bridgehead atoms. The largest absolute Gasteiger partial charge is 0.363 e. The molecule has 0 fully saturated rings. The van der Waals surface area contributed by atoms with Crippen LogP contribution in [-0.2, 0) is 12.3 Å². The Labute approximate surface area is 179 Å². The topological polar surface area (TPSA) is 64.3 Å². The van der Waals surface area contributed by atoms with Gasteiger partial charge in [-0.1, -0.05) is 51.8 Å². The standard InChI is InChI=1S/C22H13BrClFN2O2/c23-16-9-18-20(19(25)10-16)22(29,15-5-7-17(24)8-6-15)27(21(18)28)12-14-3-1-13(11-26)2-4-14/h1-10,29H,12H2. The van der Waals surface area contributed by atoms with Gasteiger partial charge in [-0.2, -0.15) is 5.26 Å². The molecule has 29 heavy (non-hydrogen) atoms. The Morgan fingerprint density at radius 2 is 1.79 bits per heavy atom. The summed E-state index contributed by atoms with van der Waals surface area (Å²) in [6, 6.07) is 17.7. The number of carbonyl (C=O) groups is 1. The van der Waals surface area contributed by atoms with Crippen LogP contribution in [-0.4, -0.2) is 15.9 Å². The van der Waals surface area contributed by atoms with E-state index in [1.165, 1.54) is 17.0 Å². The summed E-state index contributed by atoms with van der Waals surface area (Å²) < 4.78 is 15.4. The fourth-order valence-corrected chi connectivity index (χ4v) is 4.12. The summed E-state index contributed by atoms with van der Waals surface area (Å²) in [6.07, 6.45) is 0. The molecule has 3 aromatic rings. The van der Waals surface area contributed by atoms with Gasteiger partial charge in [0.25, 0.3) is 5.91 Å². The molecule has 144 valence electrons. The third-order valence-electron chi connectivity index (χ3n) is 4.94. The zero-order valence-corrected chi connectivity index (χ0v) is 17.2. The van der Waals surface area contributed by atoms with Crippen LogP contribution in [0.2, 0.25) is 5.02 Å². The van der Waals surface area contributed by atoms with Crippen LogP contribution in [0, 0.1) is 17.1 Å². The summed E-state index contributed by atoms with van der Waals surface area (Å²) >= 11 is 9.18. The number of amides is 1. The number of halogens is 3. The van der Waals surface area contributed by atoms with Gasteiger partial charge < -0.3 is 5.11 Å². The average Bonchev–Trinajstić information content (AvgIpc) is 2.91. The van der Waals surface area contributed by atoms with Gasteiger partial charge in [-0.15, -0.1) is 0 Å². The van der Waals surface area contributed by atoms with Crippen molar-refractivity contribution in [3.8, 4) is 6.07 Å². The average molecular weight is 472 g/mol. The number of rotatable bonds is 3. The zero-order valence-electron chi connectivity index (χ0n) is 14.9. The summed E-state index contributed by atoms with van der Waals surface area (Å²) in [6.45, 7) is 0.0232. The van der Waals surface area contributed by atoms with Crippen molar-refractivity contribution < 1.29 is 14.3 Å². The fraction of sp³-hybridized carbons (Fsp3) is 0.0909.